The monoisotopic (exact) mass is 530 g/mol. The van der Waals surface area contributed by atoms with Gasteiger partial charge < -0.3 is 20.1 Å². The molecule has 2 aliphatic rings. The van der Waals surface area contributed by atoms with Crippen molar-refractivity contribution in [3.05, 3.63) is 47.2 Å². The van der Waals surface area contributed by atoms with Crippen LogP contribution in [0.4, 0.5) is 10.5 Å². The molecule has 1 amide bonds. The lowest BCUT2D eigenvalue weighted by molar-refractivity contribution is 0.0211. The highest BCUT2D eigenvalue weighted by molar-refractivity contribution is 7.14. The minimum atomic E-state index is -0.879. The fourth-order valence-corrected chi connectivity index (χ4v) is 6.09. The van der Waals surface area contributed by atoms with Crippen LogP contribution < -0.4 is 5.32 Å². The SMILES string of the molecule is CN(C(=O)O)C1CCC(c2nnc(-c3cnc(-c4ccc5cc(C#N)cnn45)cc3NC3COC3)s2)CC1. The van der Waals surface area contributed by atoms with Gasteiger partial charge in [0.25, 0.3) is 0 Å². The smallest absolute Gasteiger partial charge is 0.407 e. The predicted molar refractivity (Wildman–Crippen MR) is 141 cm³/mol. The summed E-state index contributed by atoms with van der Waals surface area (Å²) in [6.07, 6.45) is 5.91. The Morgan fingerprint density at radius 3 is 2.74 bits per heavy atom. The van der Waals surface area contributed by atoms with Gasteiger partial charge in [-0.15, -0.1) is 10.2 Å². The summed E-state index contributed by atoms with van der Waals surface area (Å²) in [5.41, 5.74) is 4.69. The second kappa shape index (κ2) is 10.00. The number of carboxylic acid groups (broad SMARTS) is 1. The molecule has 2 fully saturated rings. The summed E-state index contributed by atoms with van der Waals surface area (Å²) in [6.45, 7) is 1.28. The van der Waals surface area contributed by atoms with E-state index in [1.54, 1.807) is 35.2 Å². The lowest BCUT2D eigenvalue weighted by Gasteiger charge is -2.32. The molecule has 1 aliphatic heterocycles. The van der Waals surface area contributed by atoms with Crippen molar-refractivity contribution in [3.8, 4) is 28.0 Å². The summed E-state index contributed by atoms with van der Waals surface area (Å²) in [5, 5.41) is 37.3. The van der Waals surface area contributed by atoms with Crippen LogP contribution in [0.5, 0.6) is 0 Å². The van der Waals surface area contributed by atoms with Crippen molar-refractivity contribution in [1.29, 1.82) is 5.26 Å². The zero-order chi connectivity index (χ0) is 26.2. The molecular weight excluding hydrogens is 504 g/mol. The van der Waals surface area contributed by atoms with Gasteiger partial charge in [-0.3, -0.25) is 4.98 Å². The van der Waals surface area contributed by atoms with E-state index in [4.69, 9.17) is 9.72 Å². The molecule has 0 radical (unpaired) electrons. The summed E-state index contributed by atoms with van der Waals surface area (Å²) in [6, 6.07) is 10.1. The van der Waals surface area contributed by atoms with Gasteiger partial charge in [-0.25, -0.2) is 9.31 Å². The molecule has 1 saturated carbocycles. The molecule has 1 aliphatic carbocycles. The molecule has 11 nitrogen and oxygen atoms in total. The predicted octanol–water partition coefficient (Wildman–Crippen LogP) is 4.23. The Balaban J connectivity index is 1.28. The van der Waals surface area contributed by atoms with Crippen LogP contribution in [0.3, 0.4) is 0 Å². The van der Waals surface area contributed by atoms with E-state index in [-0.39, 0.29) is 18.0 Å². The Morgan fingerprint density at radius 2 is 2.03 bits per heavy atom. The highest BCUT2D eigenvalue weighted by Crippen LogP contribution is 2.40. The second-order valence-corrected chi connectivity index (χ2v) is 10.8. The Labute approximate surface area is 222 Å². The van der Waals surface area contributed by atoms with Gasteiger partial charge in [0.1, 0.15) is 11.1 Å². The zero-order valence-corrected chi connectivity index (χ0v) is 21.6. The molecule has 6 rings (SSSR count). The third kappa shape index (κ3) is 4.55. The molecule has 2 N–H and O–H groups in total. The first-order valence-electron chi connectivity index (χ1n) is 12.5. The van der Waals surface area contributed by atoms with Gasteiger partial charge in [0, 0.05) is 30.9 Å². The number of ether oxygens (including phenoxy) is 1. The number of nitrogens with zero attached hydrogens (tertiary/aromatic N) is 7. The maximum atomic E-state index is 11.3. The van der Waals surface area contributed by atoms with E-state index >= 15 is 0 Å². The molecule has 0 aromatic carbocycles. The van der Waals surface area contributed by atoms with Crippen LogP contribution in [0.25, 0.3) is 27.5 Å². The molecular formula is C26H26N8O3S. The van der Waals surface area contributed by atoms with Crippen molar-refractivity contribution < 1.29 is 14.6 Å². The van der Waals surface area contributed by atoms with Crippen molar-refractivity contribution >= 4 is 28.6 Å². The third-order valence-corrected chi connectivity index (χ3v) is 8.48. The topological polar surface area (TPSA) is 142 Å². The highest BCUT2D eigenvalue weighted by Gasteiger charge is 2.29. The van der Waals surface area contributed by atoms with E-state index < -0.39 is 6.09 Å². The van der Waals surface area contributed by atoms with Gasteiger partial charge in [-0.05, 0) is 49.9 Å². The number of aromatic nitrogens is 5. The molecule has 0 unspecified atom stereocenters. The van der Waals surface area contributed by atoms with Gasteiger partial charge >= 0.3 is 6.09 Å². The van der Waals surface area contributed by atoms with Crippen molar-refractivity contribution in [2.75, 3.05) is 25.6 Å². The average molecular weight is 531 g/mol. The van der Waals surface area contributed by atoms with Crippen molar-refractivity contribution in [2.45, 2.75) is 43.7 Å². The number of rotatable bonds is 6. The molecule has 4 aromatic heterocycles. The number of fused-ring (bicyclic) bond motifs is 1. The minimum absolute atomic E-state index is 0.0551. The molecule has 12 heteroatoms. The zero-order valence-electron chi connectivity index (χ0n) is 20.7. The number of hydrogen-bond acceptors (Lipinski definition) is 9. The van der Waals surface area contributed by atoms with Crippen LogP contribution in [-0.2, 0) is 4.74 Å². The lowest BCUT2D eigenvalue weighted by atomic mass is 9.86. The quantitative estimate of drug-likeness (QED) is 0.374. The first-order valence-corrected chi connectivity index (χ1v) is 13.3. The maximum Gasteiger partial charge on any atom is 0.407 e. The van der Waals surface area contributed by atoms with Crippen LogP contribution in [-0.4, -0.2) is 73.2 Å². The number of carbonyl (C=O) groups is 1. The molecule has 0 spiro atoms. The Morgan fingerprint density at radius 1 is 1.21 bits per heavy atom. The van der Waals surface area contributed by atoms with Gasteiger partial charge in [0.2, 0.25) is 0 Å². The van der Waals surface area contributed by atoms with Crippen LogP contribution in [0.15, 0.2) is 36.7 Å². The lowest BCUT2D eigenvalue weighted by Crippen LogP contribution is -2.40. The summed E-state index contributed by atoms with van der Waals surface area (Å²) in [7, 11) is 1.64. The van der Waals surface area contributed by atoms with E-state index in [1.807, 2.05) is 24.4 Å². The summed E-state index contributed by atoms with van der Waals surface area (Å²) >= 11 is 1.57. The normalized spacial score (nSPS) is 19.6. The standard InChI is InChI=1S/C26H26N8O3S/c1-33(26(35)36)18-4-2-16(3-5-18)24-31-32-25(38-24)20-12-28-22(9-21(20)30-17-13-37-14-17)23-7-6-19-8-15(10-27)11-29-34(19)23/h6-9,11-12,16-18H,2-5,13-14H2,1H3,(H,28,30)(H,35,36). The van der Waals surface area contributed by atoms with E-state index in [2.05, 4.69) is 26.7 Å². The summed E-state index contributed by atoms with van der Waals surface area (Å²) < 4.78 is 7.15. The minimum Gasteiger partial charge on any atom is -0.465 e. The van der Waals surface area contributed by atoms with E-state index in [0.717, 1.165) is 63.9 Å². The third-order valence-electron chi connectivity index (χ3n) is 7.36. The number of nitrogens with one attached hydrogen (secondary N) is 1. The molecule has 0 bridgehead atoms. The molecule has 0 atom stereocenters. The van der Waals surface area contributed by atoms with Crippen LogP contribution in [0.2, 0.25) is 0 Å². The molecule has 5 heterocycles. The Hall–Kier alpha value is -4.08. The van der Waals surface area contributed by atoms with Crippen molar-refractivity contribution in [3.63, 3.8) is 0 Å². The molecule has 38 heavy (non-hydrogen) atoms. The maximum absolute atomic E-state index is 11.3. The van der Waals surface area contributed by atoms with Gasteiger partial charge in [0.05, 0.1) is 53.5 Å². The van der Waals surface area contributed by atoms with Crippen molar-refractivity contribution in [1.82, 2.24) is 29.7 Å². The van der Waals surface area contributed by atoms with Crippen LogP contribution >= 0.6 is 11.3 Å². The van der Waals surface area contributed by atoms with E-state index in [0.29, 0.717) is 18.8 Å². The van der Waals surface area contributed by atoms with Gasteiger partial charge in [-0.1, -0.05) is 11.3 Å². The molecule has 4 aromatic rings. The molecule has 194 valence electrons. The fraction of sp³-hybridized carbons (Fsp3) is 0.385. The Bertz CT molecular complexity index is 1530. The summed E-state index contributed by atoms with van der Waals surface area (Å²) in [5.74, 6) is 0.278. The first kappa shape index (κ1) is 24.3. The Kier molecular flexibility index (Phi) is 6.39. The first-order chi connectivity index (χ1) is 18.5. The van der Waals surface area contributed by atoms with Crippen LogP contribution in [0, 0.1) is 11.3 Å². The highest BCUT2D eigenvalue weighted by atomic mass is 32.1. The summed E-state index contributed by atoms with van der Waals surface area (Å²) in [4.78, 5) is 17.5. The molecule has 1 saturated heterocycles. The number of hydrogen-bond donors (Lipinski definition) is 2. The average Bonchev–Trinajstić information content (AvgIpc) is 3.57. The van der Waals surface area contributed by atoms with Crippen molar-refractivity contribution in [2.24, 2.45) is 0 Å². The number of pyridine rings is 1. The number of nitriles is 1. The van der Waals surface area contributed by atoms with E-state index in [9.17, 15) is 15.2 Å². The van der Waals surface area contributed by atoms with Gasteiger partial charge in [0.15, 0.2) is 5.01 Å². The number of amides is 1. The largest absolute Gasteiger partial charge is 0.465 e. The van der Waals surface area contributed by atoms with Crippen LogP contribution in [0.1, 0.15) is 42.2 Å². The second-order valence-electron chi connectivity index (χ2n) is 9.75. The number of anilines is 1. The van der Waals surface area contributed by atoms with Gasteiger partial charge in [-0.2, -0.15) is 10.4 Å². The fourth-order valence-electron chi connectivity index (χ4n) is 5.05. The van der Waals surface area contributed by atoms with E-state index in [1.165, 1.54) is 4.90 Å².